The molecule has 1 heterocycles. The van der Waals surface area contributed by atoms with Crippen molar-refractivity contribution in [3.63, 3.8) is 0 Å². The van der Waals surface area contributed by atoms with Crippen molar-refractivity contribution in [1.82, 2.24) is 15.1 Å². The van der Waals surface area contributed by atoms with Crippen molar-refractivity contribution in [3.05, 3.63) is 41.2 Å². The summed E-state index contributed by atoms with van der Waals surface area (Å²) in [7, 11) is 3.33. The molecule has 1 saturated carbocycles. The van der Waals surface area contributed by atoms with Gasteiger partial charge in [0, 0.05) is 18.3 Å². The molecule has 0 spiro atoms. The summed E-state index contributed by atoms with van der Waals surface area (Å²) in [6.45, 7) is 3.90. The van der Waals surface area contributed by atoms with Crippen LogP contribution in [-0.4, -0.2) is 30.5 Å². The van der Waals surface area contributed by atoms with Crippen LogP contribution in [0.4, 0.5) is 0 Å². The highest BCUT2D eigenvalue weighted by atomic mass is 16.5. The SMILES string of the molecule is COc1ccc(CCNCc2cn(C3CCCC3)nc2C)cc1OC. The van der Waals surface area contributed by atoms with Gasteiger partial charge in [-0.1, -0.05) is 18.9 Å². The lowest BCUT2D eigenvalue weighted by atomic mass is 10.1. The highest BCUT2D eigenvalue weighted by Gasteiger charge is 2.18. The van der Waals surface area contributed by atoms with E-state index in [1.807, 2.05) is 12.1 Å². The molecule has 3 rings (SSSR count). The average Bonchev–Trinajstić information content (AvgIpc) is 3.28. The summed E-state index contributed by atoms with van der Waals surface area (Å²) in [6.07, 6.45) is 8.40. The Morgan fingerprint density at radius 1 is 1.16 bits per heavy atom. The Balaban J connectivity index is 1.50. The summed E-state index contributed by atoms with van der Waals surface area (Å²) in [4.78, 5) is 0. The van der Waals surface area contributed by atoms with Crippen molar-refractivity contribution < 1.29 is 9.47 Å². The minimum absolute atomic E-state index is 0.610. The van der Waals surface area contributed by atoms with Gasteiger partial charge in [0.15, 0.2) is 11.5 Å². The van der Waals surface area contributed by atoms with Gasteiger partial charge in [-0.05, 0) is 50.4 Å². The summed E-state index contributed by atoms with van der Waals surface area (Å²) < 4.78 is 12.8. The molecule has 0 unspecified atom stereocenters. The smallest absolute Gasteiger partial charge is 0.160 e. The number of ether oxygens (including phenoxy) is 2. The lowest BCUT2D eigenvalue weighted by Gasteiger charge is -2.10. The zero-order valence-corrected chi connectivity index (χ0v) is 15.5. The Morgan fingerprint density at radius 2 is 1.92 bits per heavy atom. The Morgan fingerprint density at radius 3 is 2.64 bits per heavy atom. The fourth-order valence-electron chi connectivity index (χ4n) is 3.54. The van der Waals surface area contributed by atoms with E-state index in [0.29, 0.717) is 6.04 Å². The van der Waals surface area contributed by atoms with E-state index >= 15 is 0 Å². The van der Waals surface area contributed by atoms with Crippen LogP contribution < -0.4 is 14.8 Å². The molecular weight excluding hydrogens is 314 g/mol. The molecule has 1 aromatic carbocycles. The fourth-order valence-corrected chi connectivity index (χ4v) is 3.54. The number of benzene rings is 1. The van der Waals surface area contributed by atoms with Crippen molar-refractivity contribution in [2.45, 2.75) is 51.6 Å². The normalized spacial score (nSPS) is 14.8. The molecule has 25 heavy (non-hydrogen) atoms. The molecule has 0 radical (unpaired) electrons. The predicted molar refractivity (Wildman–Crippen MR) is 99.4 cm³/mol. The second-order valence-corrected chi connectivity index (χ2v) is 6.77. The molecule has 1 aliphatic carbocycles. The summed E-state index contributed by atoms with van der Waals surface area (Å²) >= 11 is 0. The van der Waals surface area contributed by atoms with Crippen molar-refractivity contribution in [2.75, 3.05) is 20.8 Å². The van der Waals surface area contributed by atoms with Gasteiger partial charge in [-0.15, -0.1) is 0 Å². The maximum Gasteiger partial charge on any atom is 0.160 e. The summed E-state index contributed by atoms with van der Waals surface area (Å²) in [6, 6.07) is 6.71. The van der Waals surface area contributed by atoms with E-state index in [9.17, 15) is 0 Å². The molecule has 0 amide bonds. The van der Waals surface area contributed by atoms with Gasteiger partial charge in [0.25, 0.3) is 0 Å². The van der Waals surface area contributed by atoms with E-state index in [0.717, 1.165) is 36.7 Å². The van der Waals surface area contributed by atoms with Crippen LogP contribution in [-0.2, 0) is 13.0 Å². The van der Waals surface area contributed by atoms with Crippen molar-refractivity contribution >= 4 is 0 Å². The van der Waals surface area contributed by atoms with Gasteiger partial charge in [0.2, 0.25) is 0 Å². The molecule has 5 heteroatoms. The molecule has 0 atom stereocenters. The third-order valence-corrected chi connectivity index (χ3v) is 5.07. The minimum Gasteiger partial charge on any atom is -0.493 e. The van der Waals surface area contributed by atoms with Gasteiger partial charge in [-0.2, -0.15) is 5.10 Å². The van der Waals surface area contributed by atoms with Gasteiger partial charge in [-0.25, -0.2) is 0 Å². The number of aromatic nitrogens is 2. The van der Waals surface area contributed by atoms with E-state index in [2.05, 4.69) is 29.2 Å². The number of methoxy groups -OCH3 is 2. The lowest BCUT2D eigenvalue weighted by Crippen LogP contribution is -2.17. The van der Waals surface area contributed by atoms with Crippen molar-refractivity contribution in [2.24, 2.45) is 0 Å². The Kier molecular flexibility index (Phi) is 5.97. The first-order chi connectivity index (χ1) is 12.2. The number of hydrogen-bond donors (Lipinski definition) is 1. The maximum atomic E-state index is 5.36. The molecule has 1 aromatic heterocycles. The molecule has 0 saturated heterocycles. The quantitative estimate of drug-likeness (QED) is 0.743. The first-order valence-electron chi connectivity index (χ1n) is 9.17. The van der Waals surface area contributed by atoms with E-state index < -0.39 is 0 Å². The second kappa shape index (κ2) is 8.39. The van der Waals surface area contributed by atoms with Crippen LogP contribution in [0.2, 0.25) is 0 Å². The van der Waals surface area contributed by atoms with E-state index in [1.165, 1.54) is 36.8 Å². The average molecular weight is 343 g/mol. The number of hydrogen-bond acceptors (Lipinski definition) is 4. The highest BCUT2D eigenvalue weighted by Crippen LogP contribution is 2.29. The number of nitrogens with zero attached hydrogens (tertiary/aromatic N) is 2. The van der Waals surface area contributed by atoms with E-state index in [4.69, 9.17) is 14.6 Å². The second-order valence-electron chi connectivity index (χ2n) is 6.77. The molecule has 1 N–H and O–H groups in total. The predicted octanol–water partition coefficient (Wildman–Crippen LogP) is 3.66. The highest BCUT2D eigenvalue weighted by molar-refractivity contribution is 5.42. The van der Waals surface area contributed by atoms with Crippen LogP contribution in [0.5, 0.6) is 11.5 Å². The lowest BCUT2D eigenvalue weighted by molar-refractivity contribution is 0.354. The van der Waals surface area contributed by atoms with Gasteiger partial charge >= 0.3 is 0 Å². The standard InChI is InChI=1S/C20H29N3O2/c1-15-17(14-23(22-15)18-6-4-5-7-18)13-21-11-10-16-8-9-19(24-2)20(12-16)25-3/h8-9,12,14,18,21H,4-7,10-11,13H2,1-3H3. The fraction of sp³-hybridized carbons (Fsp3) is 0.550. The third-order valence-electron chi connectivity index (χ3n) is 5.07. The van der Waals surface area contributed by atoms with Gasteiger partial charge in [-0.3, -0.25) is 4.68 Å². The first kappa shape index (κ1) is 17.8. The van der Waals surface area contributed by atoms with Crippen LogP contribution in [0.1, 0.15) is 48.5 Å². The molecule has 0 bridgehead atoms. The molecule has 0 aliphatic heterocycles. The van der Waals surface area contributed by atoms with Gasteiger partial charge in [0.05, 0.1) is 26.0 Å². The zero-order valence-electron chi connectivity index (χ0n) is 15.5. The molecule has 1 fully saturated rings. The van der Waals surface area contributed by atoms with Gasteiger partial charge in [0.1, 0.15) is 0 Å². The summed E-state index contributed by atoms with van der Waals surface area (Å²) in [5, 5.41) is 8.25. The molecular formula is C20H29N3O2. The topological polar surface area (TPSA) is 48.3 Å². The Hall–Kier alpha value is -2.01. The zero-order chi connectivity index (χ0) is 17.6. The summed E-state index contributed by atoms with van der Waals surface area (Å²) in [5.74, 6) is 1.56. The van der Waals surface area contributed by atoms with Crippen molar-refractivity contribution in [3.8, 4) is 11.5 Å². The van der Waals surface area contributed by atoms with Crippen LogP contribution >= 0.6 is 0 Å². The number of aryl methyl sites for hydroxylation is 1. The van der Waals surface area contributed by atoms with Crippen LogP contribution in [0.3, 0.4) is 0 Å². The van der Waals surface area contributed by atoms with Gasteiger partial charge < -0.3 is 14.8 Å². The molecule has 1 aliphatic rings. The molecule has 2 aromatic rings. The summed E-state index contributed by atoms with van der Waals surface area (Å²) in [5.41, 5.74) is 3.69. The maximum absolute atomic E-state index is 5.36. The third kappa shape index (κ3) is 4.34. The monoisotopic (exact) mass is 343 g/mol. The van der Waals surface area contributed by atoms with Crippen LogP contribution in [0.15, 0.2) is 24.4 Å². The van der Waals surface area contributed by atoms with Crippen LogP contribution in [0.25, 0.3) is 0 Å². The van der Waals surface area contributed by atoms with E-state index in [-0.39, 0.29) is 0 Å². The molecule has 136 valence electrons. The largest absolute Gasteiger partial charge is 0.493 e. The molecule has 5 nitrogen and oxygen atoms in total. The minimum atomic E-state index is 0.610. The van der Waals surface area contributed by atoms with Crippen LogP contribution in [0, 0.1) is 6.92 Å². The first-order valence-corrected chi connectivity index (χ1v) is 9.17. The Labute approximate surface area is 150 Å². The number of nitrogens with one attached hydrogen (secondary N) is 1. The van der Waals surface area contributed by atoms with E-state index in [1.54, 1.807) is 14.2 Å². The number of rotatable bonds is 8. The Bertz CT molecular complexity index is 690. The van der Waals surface area contributed by atoms with Crippen molar-refractivity contribution in [1.29, 1.82) is 0 Å².